The predicted octanol–water partition coefficient (Wildman–Crippen LogP) is 5.24. The van der Waals surface area contributed by atoms with E-state index in [4.69, 9.17) is 21.3 Å². The highest BCUT2D eigenvalue weighted by molar-refractivity contribution is 6.30. The summed E-state index contributed by atoms with van der Waals surface area (Å²) in [4.78, 5) is 45.4. The number of fused-ring (bicyclic) bond motifs is 1. The Morgan fingerprint density at radius 1 is 1.11 bits per heavy atom. The fourth-order valence-electron chi connectivity index (χ4n) is 4.13. The second kappa shape index (κ2) is 11.5. The first kappa shape index (κ1) is 26.4. The van der Waals surface area contributed by atoms with Crippen molar-refractivity contribution in [1.82, 2.24) is 14.5 Å². The molecule has 0 saturated heterocycles. The topological polar surface area (TPSA) is 81.5 Å². The summed E-state index contributed by atoms with van der Waals surface area (Å²) in [5.74, 6) is 0.0164. The van der Waals surface area contributed by atoms with Crippen molar-refractivity contribution < 1.29 is 14.3 Å². The van der Waals surface area contributed by atoms with Gasteiger partial charge in [0, 0.05) is 18.0 Å². The average Bonchev–Trinajstić information content (AvgIpc) is 2.81. The first-order valence-corrected chi connectivity index (χ1v) is 12.2. The van der Waals surface area contributed by atoms with Crippen LogP contribution in [0.5, 0.6) is 0 Å². The van der Waals surface area contributed by atoms with Crippen molar-refractivity contribution in [2.75, 3.05) is 13.2 Å². The highest BCUT2D eigenvalue weighted by Gasteiger charge is 2.28. The van der Waals surface area contributed by atoms with E-state index in [1.807, 2.05) is 33.8 Å². The van der Waals surface area contributed by atoms with Crippen molar-refractivity contribution in [2.45, 2.75) is 53.5 Å². The molecule has 0 fully saturated rings. The molecule has 0 aliphatic rings. The lowest BCUT2D eigenvalue weighted by Crippen LogP contribution is -2.39. The Hall–Kier alpha value is -3.19. The Bertz CT molecular complexity index is 1290. The third-order valence-electron chi connectivity index (χ3n) is 5.77. The van der Waals surface area contributed by atoms with Crippen LogP contribution in [0.1, 0.15) is 58.0 Å². The molecule has 1 aromatic heterocycles. The number of amides is 1. The van der Waals surface area contributed by atoms with Crippen LogP contribution in [0.3, 0.4) is 0 Å². The number of benzene rings is 2. The fourth-order valence-corrected chi connectivity index (χ4v) is 4.35. The second-order valence-electron chi connectivity index (χ2n) is 8.98. The van der Waals surface area contributed by atoms with Gasteiger partial charge in [0.2, 0.25) is 5.91 Å². The number of hydrogen-bond donors (Lipinski definition) is 0. The third kappa shape index (κ3) is 6.09. The zero-order valence-electron chi connectivity index (χ0n) is 20.9. The normalized spacial score (nSPS) is 12.1. The summed E-state index contributed by atoms with van der Waals surface area (Å²) < 4.78 is 6.56. The number of halogens is 1. The molecule has 7 nitrogen and oxygen atoms in total. The summed E-state index contributed by atoms with van der Waals surface area (Å²) in [6.45, 7) is 10.2. The lowest BCUT2D eigenvalue weighted by Gasteiger charge is -2.32. The highest BCUT2D eigenvalue weighted by atomic mass is 35.5. The van der Waals surface area contributed by atoms with E-state index in [9.17, 15) is 14.4 Å². The molecule has 0 radical (unpaired) electrons. The monoisotopic (exact) mass is 497 g/mol. The van der Waals surface area contributed by atoms with Gasteiger partial charge >= 0.3 is 5.97 Å². The van der Waals surface area contributed by atoms with Gasteiger partial charge in [-0.15, -0.1) is 0 Å². The van der Waals surface area contributed by atoms with Crippen molar-refractivity contribution in [2.24, 2.45) is 5.92 Å². The molecule has 0 bridgehead atoms. The van der Waals surface area contributed by atoms with Crippen molar-refractivity contribution in [3.05, 3.63) is 69.2 Å². The van der Waals surface area contributed by atoms with Gasteiger partial charge in [-0.3, -0.25) is 19.0 Å². The number of para-hydroxylation sites is 1. The van der Waals surface area contributed by atoms with Crippen LogP contribution in [-0.2, 0) is 14.3 Å². The average molecular weight is 498 g/mol. The molecule has 3 rings (SSSR count). The molecular formula is C27H32ClN3O4. The minimum absolute atomic E-state index is 0.00222. The van der Waals surface area contributed by atoms with Gasteiger partial charge in [0.05, 0.1) is 35.7 Å². The van der Waals surface area contributed by atoms with Gasteiger partial charge in [-0.2, -0.15) is 0 Å². The Kier molecular flexibility index (Phi) is 8.67. The molecule has 35 heavy (non-hydrogen) atoms. The minimum Gasteiger partial charge on any atom is -0.466 e. The van der Waals surface area contributed by atoms with E-state index in [0.29, 0.717) is 34.0 Å². The maximum Gasteiger partial charge on any atom is 0.306 e. The van der Waals surface area contributed by atoms with E-state index >= 15 is 0 Å². The van der Waals surface area contributed by atoms with Crippen molar-refractivity contribution in [3.8, 4) is 5.69 Å². The Balaban J connectivity index is 2.15. The maximum absolute atomic E-state index is 13.7. The van der Waals surface area contributed by atoms with E-state index < -0.39 is 12.0 Å². The van der Waals surface area contributed by atoms with Crippen LogP contribution >= 0.6 is 11.6 Å². The smallest absolute Gasteiger partial charge is 0.306 e. The predicted molar refractivity (Wildman–Crippen MR) is 138 cm³/mol. The molecule has 0 aliphatic heterocycles. The molecule has 0 spiro atoms. The summed E-state index contributed by atoms with van der Waals surface area (Å²) in [7, 11) is 0. The van der Waals surface area contributed by atoms with Gasteiger partial charge in [0.15, 0.2) is 0 Å². The lowest BCUT2D eigenvalue weighted by atomic mass is 10.1. The van der Waals surface area contributed by atoms with Crippen LogP contribution in [-0.4, -0.2) is 39.5 Å². The lowest BCUT2D eigenvalue weighted by molar-refractivity contribution is -0.146. The number of hydrogen-bond acceptors (Lipinski definition) is 5. The van der Waals surface area contributed by atoms with Gasteiger partial charge < -0.3 is 9.64 Å². The molecule has 0 N–H and O–H groups in total. The van der Waals surface area contributed by atoms with E-state index in [-0.39, 0.29) is 36.8 Å². The highest BCUT2D eigenvalue weighted by Crippen LogP contribution is 2.27. The number of carbonyl (C=O) groups is 2. The van der Waals surface area contributed by atoms with Crippen molar-refractivity contribution in [1.29, 1.82) is 0 Å². The van der Waals surface area contributed by atoms with Crippen molar-refractivity contribution >= 4 is 34.4 Å². The summed E-state index contributed by atoms with van der Waals surface area (Å²) in [5, 5.41) is 1.06. The van der Waals surface area contributed by atoms with Crippen LogP contribution in [0.2, 0.25) is 5.02 Å². The Labute approximate surface area is 210 Å². The van der Waals surface area contributed by atoms with Crippen LogP contribution in [0.15, 0.2) is 47.3 Å². The number of aromatic nitrogens is 2. The summed E-state index contributed by atoms with van der Waals surface area (Å²) in [6.07, 6.45) is 0.0237. The molecule has 3 aromatic rings. The number of rotatable bonds is 9. The van der Waals surface area contributed by atoms with Gasteiger partial charge in [-0.1, -0.05) is 37.6 Å². The first-order chi connectivity index (χ1) is 16.6. The fraction of sp³-hybridized carbons (Fsp3) is 0.407. The third-order valence-corrected chi connectivity index (χ3v) is 6.01. The Morgan fingerprint density at radius 3 is 2.49 bits per heavy atom. The SMILES string of the molecule is CCOC(=O)CCC(=O)N(CC(C)C)C(C)c1nc2ccccc2c(=O)n1-c1ccc(Cl)cc1C. The van der Waals surface area contributed by atoms with Crippen LogP contribution in [0.25, 0.3) is 16.6 Å². The molecule has 0 saturated carbocycles. The number of ether oxygens (including phenoxy) is 1. The number of carbonyl (C=O) groups excluding carboxylic acids is 2. The quantitative estimate of drug-likeness (QED) is 0.378. The van der Waals surface area contributed by atoms with Gasteiger partial charge in [-0.25, -0.2) is 4.98 Å². The van der Waals surface area contributed by atoms with E-state index in [2.05, 4.69) is 0 Å². The van der Waals surface area contributed by atoms with Gasteiger partial charge in [-0.05, 0) is 62.6 Å². The molecular weight excluding hydrogens is 466 g/mol. The van der Waals surface area contributed by atoms with Crippen molar-refractivity contribution in [3.63, 3.8) is 0 Å². The van der Waals surface area contributed by atoms with Gasteiger partial charge in [0.1, 0.15) is 5.82 Å². The van der Waals surface area contributed by atoms with Crippen LogP contribution in [0.4, 0.5) is 0 Å². The molecule has 1 atom stereocenters. The molecule has 1 unspecified atom stereocenters. The summed E-state index contributed by atoms with van der Waals surface area (Å²) >= 11 is 6.18. The Morgan fingerprint density at radius 2 is 1.83 bits per heavy atom. The molecule has 2 aromatic carbocycles. The molecule has 1 amide bonds. The summed E-state index contributed by atoms with van der Waals surface area (Å²) in [5.41, 5.74) is 1.81. The summed E-state index contributed by atoms with van der Waals surface area (Å²) in [6, 6.07) is 12.0. The molecule has 1 heterocycles. The first-order valence-electron chi connectivity index (χ1n) is 11.9. The number of nitrogens with zero attached hydrogens (tertiary/aromatic N) is 3. The zero-order chi connectivity index (χ0) is 25.7. The molecule has 0 aliphatic carbocycles. The van der Waals surface area contributed by atoms with E-state index in [1.165, 1.54) is 0 Å². The molecule has 186 valence electrons. The van der Waals surface area contributed by atoms with Crippen LogP contribution in [0, 0.1) is 12.8 Å². The van der Waals surface area contributed by atoms with Crippen LogP contribution < -0.4 is 5.56 Å². The van der Waals surface area contributed by atoms with E-state index in [1.54, 1.807) is 52.8 Å². The maximum atomic E-state index is 13.7. The zero-order valence-corrected chi connectivity index (χ0v) is 21.6. The standard InChI is InChI=1S/C27H32ClN3O4/c1-6-35-25(33)14-13-24(32)30(16-17(2)3)19(5)26-29-22-10-8-7-9-21(22)27(34)31(26)23-12-11-20(28)15-18(23)4/h7-12,15,17,19H,6,13-14,16H2,1-5H3. The minimum atomic E-state index is -0.528. The largest absolute Gasteiger partial charge is 0.466 e. The van der Waals surface area contributed by atoms with Gasteiger partial charge in [0.25, 0.3) is 5.56 Å². The number of aryl methyl sites for hydroxylation is 1. The number of esters is 1. The molecule has 8 heteroatoms. The second-order valence-corrected chi connectivity index (χ2v) is 9.42. The van der Waals surface area contributed by atoms with E-state index in [0.717, 1.165) is 5.56 Å².